The molecule has 3 unspecified atom stereocenters. The summed E-state index contributed by atoms with van der Waals surface area (Å²) in [6, 6.07) is -1.35. The minimum atomic E-state index is -1.36. The number of ether oxygens (including phenoxy) is 5. The summed E-state index contributed by atoms with van der Waals surface area (Å²) in [4.78, 5) is 46.6. The van der Waals surface area contributed by atoms with Crippen molar-refractivity contribution >= 4 is 29.9 Å². The van der Waals surface area contributed by atoms with Crippen LogP contribution in [-0.4, -0.2) is 71.7 Å². The van der Waals surface area contributed by atoms with Gasteiger partial charge < -0.3 is 34.2 Å². The Morgan fingerprint density at radius 1 is 1.03 bits per heavy atom. The van der Waals surface area contributed by atoms with Gasteiger partial charge >= 0.3 is 24.0 Å². The average molecular weight is 418 g/mol. The molecule has 0 aromatic heterocycles. The van der Waals surface area contributed by atoms with Crippen molar-refractivity contribution < 1.29 is 48.1 Å². The van der Waals surface area contributed by atoms with Crippen LogP contribution in [0.2, 0.25) is 0 Å². The molecule has 12 heteroatoms. The lowest BCUT2D eigenvalue weighted by molar-refractivity contribution is -0.186. The highest BCUT2D eigenvalue weighted by Crippen LogP contribution is 2.25. The van der Waals surface area contributed by atoms with E-state index in [9.17, 15) is 24.4 Å². The molecule has 1 aliphatic heterocycles. The first kappa shape index (κ1) is 24.0. The standard InChI is InChI=1S/C17H26N2O10/c1-8(20)25-7-11-13(26-9(2)21)14(27-10(3)22)12(15(19-24)28-11)18-16(23)29-17(4,5)6/h11-14,24H,7H2,1-6H3,(H,18,23)/b19-15-/t11?,12?,13-,14?/m1/s1. The highest BCUT2D eigenvalue weighted by Gasteiger charge is 2.51. The van der Waals surface area contributed by atoms with Crippen LogP contribution in [-0.2, 0) is 38.1 Å². The summed E-state index contributed by atoms with van der Waals surface area (Å²) in [5.41, 5.74) is -0.847. The van der Waals surface area contributed by atoms with Crippen LogP contribution in [0.15, 0.2) is 5.16 Å². The minimum absolute atomic E-state index is 0.400. The lowest BCUT2D eigenvalue weighted by Gasteiger charge is -2.41. The van der Waals surface area contributed by atoms with E-state index in [2.05, 4.69) is 10.5 Å². The molecule has 0 saturated carbocycles. The Morgan fingerprint density at radius 2 is 1.59 bits per heavy atom. The Labute approximate surface area is 167 Å². The molecular weight excluding hydrogens is 392 g/mol. The molecule has 0 spiro atoms. The molecule has 1 fully saturated rings. The summed E-state index contributed by atoms with van der Waals surface area (Å²) in [5.74, 6) is -2.61. The number of alkyl carbamates (subject to hydrolysis) is 1. The van der Waals surface area contributed by atoms with Gasteiger partial charge in [-0.15, -0.1) is 0 Å². The van der Waals surface area contributed by atoms with Crippen molar-refractivity contribution in [2.24, 2.45) is 5.16 Å². The SMILES string of the molecule is CC(=O)OCC1O/C(=N\O)C(NC(=O)OC(C)(C)C)C(OC(C)=O)[C@@H]1OC(C)=O. The highest BCUT2D eigenvalue weighted by atomic mass is 16.6. The van der Waals surface area contributed by atoms with Gasteiger partial charge in [0.15, 0.2) is 24.4 Å². The third kappa shape index (κ3) is 7.84. The molecule has 2 N–H and O–H groups in total. The average Bonchev–Trinajstić information content (AvgIpc) is 2.54. The first-order valence-electron chi connectivity index (χ1n) is 8.70. The number of carbonyl (C=O) groups is 4. The first-order chi connectivity index (χ1) is 13.3. The van der Waals surface area contributed by atoms with E-state index in [1.807, 2.05) is 0 Å². The van der Waals surface area contributed by atoms with Gasteiger partial charge in [0.2, 0.25) is 0 Å². The minimum Gasteiger partial charge on any atom is -0.466 e. The zero-order valence-corrected chi connectivity index (χ0v) is 17.1. The molecule has 29 heavy (non-hydrogen) atoms. The second kappa shape index (κ2) is 9.94. The Balaban J connectivity index is 3.25. The maximum Gasteiger partial charge on any atom is 0.408 e. The third-order valence-corrected chi connectivity index (χ3v) is 3.38. The van der Waals surface area contributed by atoms with E-state index < -0.39 is 66.5 Å². The van der Waals surface area contributed by atoms with Crippen LogP contribution in [0.5, 0.6) is 0 Å². The number of carbonyl (C=O) groups excluding carboxylic acids is 4. The third-order valence-electron chi connectivity index (χ3n) is 3.38. The van der Waals surface area contributed by atoms with E-state index in [1.54, 1.807) is 20.8 Å². The number of oxime groups is 1. The number of amides is 1. The summed E-state index contributed by atoms with van der Waals surface area (Å²) in [6.07, 6.45) is -4.75. The van der Waals surface area contributed by atoms with Gasteiger partial charge in [-0.3, -0.25) is 14.4 Å². The maximum absolute atomic E-state index is 12.2. The molecule has 0 bridgehead atoms. The molecule has 1 aliphatic rings. The molecule has 1 saturated heterocycles. The van der Waals surface area contributed by atoms with Crippen LogP contribution in [0, 0.1) is 0 Å². The van der Waals surface area contributed by atoms with E-state index in [0.29, 0.717) is 0 Å². The summed E-state index contributed by atoms with van der Waals surface area (Å²) < 4.78 is 25.9. The van der Waals surface area contributed by atoms with Crippen LogP contribution < -0.4 is 5.32 Å². The number of hydrogen-bond acceptors (Lipinski definition) is 11. The fourth-order valence-electron chi connectivity index (χ4n) is 2.49. The van der Waals surface area contributed by atoms with Gasteiger partial charge in [0.1, 0.15) is 12.2 Å². The van der Waals surface area contributed by atoms with Crippen molar-refractivity contribution in [3.63, 3.8) is 0 Å². The number of hydrogen-bond donors (Lipinski definition) is 2. The monoisotopic (exact) mass is 418 g/mol. The van der Waals surface area contributed by atoms with Gasteiger partial charge in [-0.2, -0.15) is 0 Å². The predicted molar refractivity (Wildman–Crippen MR) is 95.0 cm³/mol. The molecule has 4 atom stereocenters. The Morgan fingerprint density at radius 3 is 2.03 bits per heavy atom. The van der Waals surface area contributed by atoms with Crippen LogP contribution in [0.1, 0.15) is 41.5 Å². The summed E-state index contributed by atoms with van der Waals surface area (Å²) in [6.45, 7) is 7.85. The smallest absolute Gasteiger partial charge is 0.408 e. The van der Waals surface area contributed by atoms with Gasteiger partial charge in [0.25, 0.3) is 5.90 Å². The number of nitrogens with one attached hydrogen (secondary N) is 1. The van der Waals surface area contributed by atoms with E-state index in [0.717, 1.165) is 20.8 Å². The fourth-order valence-corrected chi connectivity index (χ4v) is 2.49. The first-order valence-corrected chi connectivity index (χ1v) is 8.70. The van der Waals surface area contributed by atoms with Gasteiger partial charge in [-0.05, 0) is 20.8 Å². The molecule has 0 radical (unpaired) electrons. The summed E-state index contributed by atoms with van der Waals surface area (Å²) in [7, 11) is 0. The Kier molecular flexibility index (Phi) is 8.22. The zero-order valence-electron chi connectivity index (χ0n) is 17.1. The molecule has 12 nitrogen and oxygen atoms in total. The fraction of sp³-hybridized carbons (Fsp3) is 0.706. The molecule has 0 aromatic carbocycles. The van der Waals surface area contributed by atoms with Gasteiger partial charge in [0.05, 0.1) is 0 Å². The van der Waals surface area contributed by atoms with E-state index in [-0.39, 0.29) is 0 Å². The second-order valence-electron chi connectivity index (χ2n) is 7.17. The molecule has 1 amide bonds. The Bertz CT molecular complexity index is 670. The number of esters is 3. The van der Waals surface area contributed by atoms with Crippen LogP contribution in [0.3, 0.4) is 0 Å². The number of nitrogens with zero attached hydrogens (tertiary/aromatic N) is 1. The van der Waals surface area contributed by atoms with Gasteiger partial charge in [-0.25, -0.2) is 4.79 Å². The van der Waals surface area contributed by atoms with Crippen LogP contribution in [0.4, 0.5) is 4.79 Å². The molecule has 0 aliphatic carbocycles. The van der Waals surface area contributed by atoms with Crippen molar-refractivity contribution in [3.8, 4) is 0 Å². The van der Waals surface area contributed by atoms with Crippen molar-refractivity contribution in [2.45, 2.75) is 71.5 Å². The van der Waals surface area contributed by atoms with Crippen LogP contribution >= 0.6 is 0 Å². The largest absolute Gasteiger partial charge is 0.466 e. The van der Waals surface area contributed by atoms with E-state index in [4.69, 9.17) is 23.7 Å². The van der Waals surface area contributed by atoms with Crippen molar-refractivity contribution in [1.82, 2.24) is 5.32 Å². The molecule has 1 heterocycles. The molecule has 0 aromatic rings. The molecule has 1 rings (SSSR count). The van der Waals surface area contributed by atoms with Crippen molar-refractivity contribution in [2.75, 3.05) is 6.61 Å². The predicted octanol–water partition coefficient (Wildman–Crippen LogP) is 0.493. The lowest BCUT2D eigenvalue weighted by atomic mass is 9.96. The maximum atomic E-state index is 12.2. The van der Waals surface area contributed by atoms with E-state index >= 15 is 0 Å². The van der Waals surface area contributed by atoms with Crippen LogP contribution in [0.25, 0.3) is 0 Å². The van der Waals surface area contributed by atoms with Gasteiger partial charge in [-0.1, -0.05) is 5.16 Å². The topological polar surface area (TPSA) is 159 Å². The van der Waals surface area contributed by atoms with Crippen molar-refractivity contribution in [3.05, 3.63) is 0 Å². The number of rotatable bonds is 5. The summed E-state index contributed by atoms with van der Waals surface area (Å²) >= 11 is 0. The zero-order chi connectivity index (χ0) is 22.4. The van der Waals surface area contributed by atoms with Crippen molar-refractivity contribution in [1.29, 1.82) is 0 Å². The molecular formula is C17H26N2O10. The van der Waals surface area contributed by atoms with E-state index in [1.165, 1.54) is 0 Å². The normalized spacial score (nSPS) is 25.4. The highest BCUT2D eigenvalue weighted by molar-refractivity contribution is 5.87. The second-order valence-corrected chi connectivity index (χ2v) is 7.17. The Hall–Kier alpha value is -3.05. The van der Waals surface area contributed by atoms with Gasteiger partial charge in [0, 0.05) is 20.8 Å². The lowest BCUT2D eigenvalue weighted by Crippen LogP contribution is -2.65. The summed E-state index contributed by atoms with van der Waals surface area (Å²) in [5, 5.41) is 14.7. The quantitative estimate of drug-likeness (QED) is 0.278. The molecule has 164 valence electrons.